The van der Waals surface area contributed by atoms with Crippen molar-refractivity contribution >= 4 is 101 Å². The zero-order chi connectivity index (χ0) is 68.1. The quantitative estimate of drug-likeness (QED) is 0.116. The van der Waals surface area contributed by atoms with Crippen LogP contribution in [-0.2, 0) is 27.1 Å². The van der Waals surface area contributed by atoms with E-state index in [1.54, 1.807) is 0 Å². The molecule has 3 heterocycles. The highest BCUT2D eigenvalue weighted by Crippen LogP contribution is 2.53. The maximum atomic E-state index is 2.69. The van der Waals surface area contributed by atoms with Gasteiger partial charge in [-0.2, -0.15) is 0 Å². The molecule has 3 nitrogen and oxygen atoms in total. The number of nitrogens with zero attached hydrogens (tertiary/aromatic N) is 3. The minimum atomic E-state index is -0.265. The number of fused-ring (bicyclic) bond motifs is 9. The smallest absolute Gasteiger partial charge is 0.252 e. The molecule has 16 rings (SSSR count). The monoisotopic (exact) mass is 1270 g/mol. The Bertz CT molecular complexity index is 5390. The highest BCUT2D eigenvalue weighted by molar-refractivity contribution is 7.00. The van der Waals surface area contributed by atoms with Crippen LogP contribution in [0.15, 0.2) is 261 Å². The molecule has 14 aromatic rings. The summed E-state index contributed by atoms with van der Waals surface area (Å²) in [7, 11) is 0. The standard InChI is InChI=1S/C94H88BN3/c1-90(2,3)63-40-47-79(73(52-63)59-29-19-16-20-30-59)97-83-51-62(88-71-37-27-25-35-69(71)87(61-33-23-18-24-34-61)70-36-26-28-38-72(70)88)39-45-77(83)95-78-46-44-68(96-81-49-42-65(92(7,8)9)54-75(81)76-55-66(93(10,11)12)43-50-82(76)96)58-84(78)98(86-57-67(94(13,14)15)56-85(97)89(86)95)80-48-41-64(91(4,5)6)53-74(80)60-31-21-17-22-32-60/h16-58H,1-15H3. The van der Waals surface area contributed by atoms with E-state index in [1.807, 2.05) is 0 Å². The first-order chi connectivity index (χ1) is 46.8. The fourth-order valence-electron chi connectivity index (χ4n) is 15.9. The summed E-state index contributed by atoms with van der Waals surface area (Å²) in [4.78, 5) is 5.38. The Balaban J connectivity index is 1.05. The number of benzene rings is 13. The summed E-state index contributed by atoms with van der Waals surface area (Å²) in [5.41, 5.74) is 30.0. The molecular formula is C94H88BN3. The van der Waals surface area contributed by atoms with Gasteiger partial charge in [-0.05, 0) is 205 Å². The largest absolute Gasteiger partial charge is 0.311 e. The highest BCUT2D eigenvalue weighted by atomic mass is 15.2. The van der Waals surface area contributed by atoms with Crippen LogP contribution < -0.4 is 26.2 Å². The molecule has 0 fully saturated rings. The van der Waals surface area contributed by atoms with Crippen molar-refractivity contribution in [2.75, 3.05) is 9.80 Å². The summed E-state index contributed by atoms with van der Waals surface area (Å²) in [6.07, 6.45) is 0. The van der Waals surface area contributed by atoms with E-state index in [1.165, 1.54) is 155 Å². The first-order valence-corrected chi connectivity index (χ1v) is 35.3. The van der Waals surface area contributed by atoms with Gasteiger partial charge >= 0.3 is 0 Å². The molecule has 0 N–H and O–H groups in total. The molecule has 2 aliphatic heterocycles. The molecule has 0 radical (unpaired) electrons. The second-order valence-electron chi connectivity index (χ2n) is 33.0. The number of hydrogen-bond acceptors (Lipinski definition) is 2. The molecule has 13 aromatic carbocycles. The van der Waals surface area contributed by atoms with E-state index in [4.69, 9.17) is 0 Å². The van der Waals surface area contributed by atoms with E-state index in [-0.39, 0.29) is 33.8 Å². The second-order valence-corrected chi connectivity index (χ2v) is 33.0. The van der Waals surface area contributed by atoms with Gasteiger partial charge in [0, 0.05) is 50.3 Å². The lowest BCUT2D eigenvalue weighted by molar-refractivity contribution is 0.590. The van der Waals surface area contributed by atoms with Crippen molar-refractivity contribution in [3.8, 4) is 50.2 Å². The molecule has 2 aliphatic rings. The summed E-state index contributed by atoms with van der Waals surface area (Å²) >= 11 is 0. The van der Waals surface area contributed by atoms with Crippen molar-refractivity contribution in [1.82, 2.24) is 4.57 Å². The lowest BCUT2D eigenvalue weighted by Crippen LogP contribution is -2.61. The van der Waals surface area contributed by atoms with Crippen LogP contribution in [0, 0.1) is 0 Å². The second kappa shape index (κ2) is 22.7. The Morgan fingerprint density at radius 1 is 0.245 bits per heavy atom. The minimum absolute atomic E-state index is 0.0338. The SMILES string of the molecule is CC(C)(C)c1ccc(N2c3cc(-c4c5ccccc5c(-c5ccccc5)c5ccccc45)ccc3B3c4ccc(-n5c6ccc(C(C)(C)C)cc6c6cc(C(C)(C)C)ccc65)cc4N(c4ccc(C(C)(C)C)cc4-c4ccccc4)c4cc(C(C)(C)C)cc2c43)c(-c2ccccc2)c1. The van der Waals surface area contributed by atoms with Crippen molar-refractivity contribution in [2.24, 2.45) is 0 Å². The third kappa shape index (κ3) is 10.4. The van der Waals surface area contributed by atoms with E-state index in [0.29, 0.717) is 0 Å². The van der Waals surface area contributed by atoms with Crippen molar-refractivity contribution < 1.29 is 0 Å². The summed E-state index contributed by atoms with van der Waals surface area (Å²) in [6, 6.07) is 101. The molecule has 0 saturated heterocycles. The zero-order valence-corrected chi connectivity index (χ0v) is 59.7. The molecule has 1 aromatic heterocycles. The van der Waals surface area contributed by atoms with Gasteiger partial charge in [-0.15, -0.1) is 0 Å². The van der Waals surface area contributed by atoms with Crippen LogP contribution in [0.5, 0.6) is 0 Å². The molecule has 0 unspecified atom stereocenters. The van der Waals surface area contributed by atoms with Crippen LogP contribution in [-0.4, -0.2) is 11.3 Å². The Morgan fingerprint density at radius 2 is 0.602 bits per heavy atom. The molecule has 0 saturated carbocycles. The Morgan fingerprint density at radius 3 is 1.02 bits per heavy atom. The summed E-state index contributed by atoms with van der Waals surface area (Å²) in [6.45, 7) is 35.1. The van der Waals surface area contributed by atoms with Gasteiger partial charge in [-0.25, -0.2) is 0 Å². The van der Waals surface area contributed by atoms with Gasteiger partial charge in [0.05, 0.1) is 22.4 Å². The van der Waals surface area contributed by atoms with E-state index in [9.17, 15) is 0 Å². The van der Waals surface area contributed by atoms with Gasteiger partial charge in [0.2, 0.25) is 0 Å². The normalized spacial score (nSPS) is 13.4. The molecule has 482 valence electrons. The molecular weight excluding hydrogens is 1180 g/mol. The van der Waals surface area contributed by atoms with Crippen LogP contribution in [0.2, 0.25) is 0 Å². The van der Waals surface area contributed by atoms with Gasteiger partial charge in [0.25, 0.3) is 6.71 Å². The molecule has 98 heavy (non-hydrogen) atoms. The van der Waals surface area contributed by atoms with Crippen LogP contribution in [0.4, 0.5) is 34.1 Å². The van der Waals surface area contributed by atoms with Crippen molar-refractivity contribution in [3.63, 3.8) is 0 Å². The molecule has 0 spiro atoms. The number of hydrogen-bond donors (Lipinski definition) is 0. The molecule has 0 aliphatic carbocycles. The number of rotatable bonds is 7. The fraction of sp³-hybridized carbons (Fsp3) is 0.213. The fourth-order valence-corrected chi connectivity index (χ4v) is 15.9. The molecule has 0 bridgehead atoms. The van der Waals surface area contributed by atoms with E-state index < -0.39 is 0 Å². The number of anilines is 6. The summed E-state index contributed by atoms with van der Waals surface area (Å²) in [5.74, 6) is 0. The maximum absolute atomic E-state index is 2.69. The average Bonchev–Trinajstić information content (AvgIpc) is 0.737. The van der Waals surface area contributed by atoms with Gasteiger partial charge in [-0.1, -0.05) is 286 Å². The van der Waals surface area contributed by atoms with Crippen LogP contribution in [0.1, 0.15) is 132 Å². The molecule has 4 heteroatoms. The minimum Gasteiger partial charge on any atom is -0.311 e. The lowest BCUT2D eigenvalue weighted by atomic mass is 9.33. The van der Waals surface area contributed by atoms with Crippen LogP contribution >= 0.6 is 0 Å². The molecule has 0 amide bonds. The summed E-state index contributed by atoms with van der Waals surface area (Å²) in [5, 5.41) is 7.50. The highest BCUT2D eigenvalue weighted by Gasteiger charge is 2.46. The molecule has 0 atom stereocenters. The lowest BCUT2D eigenvalue weighted by Gasteiger charge is -2.46. The first-order valence-electron chi connectivity index (χ1n) is 35.3. The number of aromatic nitrogens is 1. The Hall–Kier alpha value is -10.2. The van der Waals surface area contributed by atoms with Gasteiger partial charge in [0.1, 0.15) is 0 Å². The Kier molecular flexibility index (Phi) is 14.5. The van der Waals surface area contributed by atoms with Gasteiger partial charge < -0.3 is 14.4 Å². The van der Waals surface area contributed by atoms with Gasteiger partial charge in [0.15, 0.2) is 0 Å². The topological polar surface area (TPSA) is 11.4 Å². The van der Waals surface area contributed by atoms with E-state index in [2.05, 4.69) is 379 Å². The van der Waals surface area contributed by atoms with Crippen molar-refractivity contribution in [3.05, 3.63) is 289 Å². The zero-order valence-electron chi connectivity index (χ0n) is 59.7. The van der Waals surface area contributed by atoms with Crippen LogP contribution in [0.3, 0.4) is 0 Å². The van der Waals surface area contributed by atoms with Crippen molar-refractivity contribution in [1.29, 1.82) is 0 Å². The Labute approximate surface area is 581 Å². The van der Waals surface area contributed by atoms with E-state index in [0.717, 1.165) is 17.1 Å². The third-order valence-corrected chi connectivity index (χ3v) is 21.3. The summed E-state index contributed by atoms with van der Waals surface area (Å²) < 4.78 is 2.56. The predicted octanol–water partition coefficient (Wildman–Crippen LogP) is 24.3. The maximum Gasteiger partial charge on any atom is 0.252 e. The van der Waals surface area contributed by atoms with Gasteiger partial charge in [-0.3, -0.25) is 0 Å². The third-order valence-electron chi connectivity index (χ3n) is 21.3. The van der Waals surface area contributed by atoms with E-state index >= 15 is 0 Å². The first kappa shape index (κ1) is 62.6. The van der Waals surface area contributed by atoms with Crippen molar-refractivity contribution in [2.45, 2.75) is 131 Å². The average molecular weight is 1270 g/mol. The predicted molar refractivity (Wildman–Crippen MR) is 425 cm³/mol. The van der Waals surface area contributed by atoms with Crippen LogP contribution in [0.25, 0.3) is 93.5 Å².